The van der Waals surface area contributed by atoms with E-state index in [0.29, 0.717) is 37.0 Å². The zero-order valence-corrected chi connectivity index (χ0v) is 14.3. The molecule has 0 unspecified atom stereocenters. The predicted molar refractivity (Wildman–Crippen MR) is 92.8 cm³/mol. The summed E-state index contributed by atoms with van der Waals surface area (Å²) in [6.45, 7) is 4.52. The number of hydrogen-bond acceptors (Lipinski definition) is 5. The van der Waals surface area contributed by atoms with Gasteiger partial charge in [-0.3, -0.25) is 14.5 Å². The standard InChI is InChI=1S/C18H22N4O3/c1-13-16(20-17(25-13)14-6-3-2-4-7-14)18(24)22-9-5-8-21(10-11-22)12-15(19)23/h2-4,6-7H,5,8-12H2,1H3,(H2,19,23). The van der Waals surface area contributed by atoms with Gasteiger partial charge in [0.25, 0.3) is 5.91 Å². The van der Waals surface area contributed by atoms with E-state index in [-0.39, 0.29) is 18.4 Å². The van der Waals surface area contributed by atoms with Crippen LogP contribution in [0.1, 0.15) is 22.7 Å². The molecule has 2 N–H and O–H groups in total. The summed E-state index contributed by atoms with van der Waals surface area (Å²) in [6, 6.07) is 9.51. The maximum atomic E-state index is 12.8. The minimum atomic E-state index is -0.348. The molecule has 2 amide bonds. The highest BCUT2D eigenvalue weighted by molar-refractivity contribution is 5.93. The molecular formula is C18H22N4O3. The lowest BCUT2D eigenvalue weighted by Gasteiger charge is -2.20. The van der Waals surface area contributed by atoms with Gasteiger partial charge in [-0.2, -0.15) is 0 Å². The molecule has 0 atom stereocenters. The van der Waals surface area contributed by atoms with Crippen molar-refractivity contribution in [1.82, 2.24) is 14.8 Å². The number of nitrogens with zero attached hydrogens (tertiary/aromatic N) is 3. The molecule has 0 saturated carbocycles. The molecule has 1 fully saturated rings. The number of hydrogen-bond donors (Lipinski definition) is 1. The maximum Gasteiger partial charge on any atom is 0.276 e. The number of rotatable bonds is 4. The lowest BCUT2D eigenvalue weighted by Crippen LogP contribution is -2.38. The van der Waals surface area contributed by atoms with E-state index in [4.69, 9.17) is 10.2 Å². The fraction of sp³-hybridized carbons (Fsp3) is 0.389. The van der Waals surface area contributed by atoms with Crippen LogP contribution in [0.4, 0.5) is 0 Å². The minimum Gasteiger partial charge on any atom is -0.441 e. The van der Waals surface area contributed by atoms with E-state index in [1.54, 1.807) is 11.8 Å². The van der Waals surface area contributed by atoms with E-state index in [0.717, 1.165) is 18.5 Å². The number of carbonyl (C=O) groups excluding carboxylic acids is 2. The second kappa shape index (κ2) is 7.48. The predicted octanol–water partition coefficient (Wildman–Crippen LogP) is 1.28. The number of aromatic nitrogens is 1. The van der Waals surface area contributed by atoms with Crippen molar-refractivity contribution in [2.24, 2.45) is 5.73 Å². The molecule has 2 heterocycles. The van der Waals surface area contributed by atoms with E-state index in [2.05, 4.69) is 4.98 Å². The Morgan fingerprint density at radius 1 is 1.16 bits per heavy atom. The zero-order chi connectivity index (χ0) is 17.8. The summed E-state index contributed by atoms with van der Waals surface area (Å²) in [5, 5.41) is 0. The molecule has 0 radical (unpaired) electrons. The Bertz CT molecular complexity index is 757. The monoisotopic (exact) mass is 342 g/mol. The van der Waals surface area contributed by atoms with Crippen LogP contribution < -0.4 is 5.73 Å². The summed E-state index contributed by atoms with van der Waals surface area (Å²) < 4.78 is 5.69. The van der Waals surface area contributed by atoms with Crippen LogP contribution in [0.2, 0.25) is 0 Å². The van der Waals surface area contributed by atoms with E-state index < -0.39 is 0 Å². The highest BCUT2D eigenvalue weighted by atomic mass is 16.4. The number of benzene rings is 1. The van der Waals surface area contributed by atoms with Crippen molar-refractivity contribution in [3.8, 4) is 11.5 Å². The molecule has 1 aromatic heterocycles. The number of nitrogens with two attached hydrogens (primary N) is 1. The molecule has 7 heteroatoms. The van der Waals surface area contributed by atoms with Crippen LogP contribution in [-0.2, 0) is 4.79 Å². The first-order chi connectivity index (χ1) is 12.0. The molecule has 25 heavy (non-hydrogen) atoms. The van der Waals surface area contributed by atoms with E-state index in [1.165, 1.54) is 0 Å². The summed E-state index contributed by atoms with van der Waals surface area (Å²) in [4.78, 5) is 32.1. The summed E-state index contributed by atoms with van der Waals surface area (Å²) in [5.74, 6) is 0.484. The van der Waals surface area contributed by atoms with Gasteiger partial charge in [-0.05, 0) is 25.5 Å². The first kappa shape index (κ1) is 17.2. The topological polar surface area (TPSA) is 92.7 Å². The molecule has 2 aromatic rings. The van der Waals surface area contributed by atoms with Gasteiger partial charge in [-0.1, -0.05) is 18.2 Å². The minimum absolute atomic E-state index is 0.135. The van der Waals surface area contributed by atoms with Crippen LogP contribution >= 0.6 is 0 Å². The normalized spacial score (nSPS) is 15.8. The highest BCUT2D eigenvalue weighted by Crippen LogP contribution is 2.22. The van der Waals surface area contributed by atoms with Crippen LogP contribution in [-0.4, -0.2) is 59.3 Å². The molecule has 7 nitrogen and oxygen atoms in total. The molecule has 0 aliphatic carbocycles. The smallest absolute Gasteiger partial charge is 0.276 e. The zero-order valence-electron chi connectivity index (χ0n) is 14.3. The van der Waals surface area contributed by atoms with Crippen molar-refractivity contribution in [3.63, 3.8) is 0 Å². The van der Waals surface area contributed by atoms with Gasteiger partial charge >= 0.3 is 0 Å². The summed E-state index contributed by atoms with van der Waals surface area (Å²) in [5.41, 5.74) is 6.44. The molecule has 1 aliphatic rings. The molecule has 0 bridgehead atoms. The fourth-order valence-corrected chi connectivity index (χ4v) is 3.00. The van der Waals surface area contributed by atoms with Gasteiger partial charge in [0.05, 0.1) is 6.54 Å². The SMILES string of the molecule is Cc1oc(-c2ccccc2)nc1C(=O)N1CCCN(CC(N)=O)CC1. The van der Waals surface area contributed by atoms with E-state index in [1.807, 2.05) is 35.2 Å². The van der Waals surface area contributed by atoms with Gasteiger partial charge in [0, 0.05) is 31.7 Å². The van der Waals surface area contributed by atoms with Crippen molar-refractivity contribution in [2.45, 2.75) is 13.3 Å². The van der Waals surface area contributed by atoms with Crippen molar-refractivity contribution < 1.29 is 14.0 Å². The fourth-order valence-electron chi connectivity index (χ4n) is 3.00. The van der Waals surface area contributed by atoms with Crippen molar-refractivity contribution >= 4 is 11.8 Å². The molecule has 132 valence electrons. The average Bonchev–Trinajstić information content (AvgIpc) is 2.83. The van der Waals surface area contributed by atoms with Gasteiger partial charge in [0.1, 0.15) is 5.76 Å². The lowest BCUT2D eigenvalue weighted by molar-refractivity contribution is -0.119. The number of aryl methyl sites for hydroxylation is 1. The Morgan fingerprint density at radius 2 is 1.92 bits per heavy atom. The highest BCUT2D eigenvalue weighted by Gasteiger charge is 2.25. The Kier molecular flexibility index (Phi) is 5.14. The molecule has 1 aromatic carbocycles. The molecule has 1 saturated heterocycles. The van der Waals surface area contributed by atoms with E-state index >= 15 is 0 Å². The Hall–Kier alpha value is -2.67. The first-order valence-electron chi connectivity index (χ1n) is 8.37. The molecular weight excluding hydrogens is 320 g/mol. The average molecular weight is 342 g/mol. The van der Waals surface area contributed by atoms with Gasteiger partial charge in [-0.15, -0.1) is 0 Å². The van der Waals surface area contributed by atoms with Gasteiger partial charge in [0.2, 0.25) is 11.8 Å². The third kappa shape index (κ3) is 4.06. The van der Waals surface area contributed by atoms with Gasteiger partial charge in [0.15, 0.2) is 5.69 Å². The largest absolute Gasteiger partial charge is 0.441 e. The number of carbonyl (C=O) groups is 2. The second-order valence-electron chi connectivity index (χ2n) is 6.18. The van der Waals surface area contributed by atoms with Crippen molar-refractivity contribution in [3.05, 3.63) is 41.8 Å². The Morgan fingerprint density at radius 3 is 2.64 bits per heavy atom. The van der Waals surface area contributed by atoms with Crippen LogP contribution in [0.5, 0.6) is 0 Å². The summed E-state index contributed by atoms with van der Waals surface area (Å²) in [7, 11) is 0. The summed E-state index contributed by atoms with van der Waals surface area (Å²) >= 11 is 0. The van der Waals surface area contributed by atoms with E-state index in [9.17, 15) is 9.59 Å². The molecule has 0 spiro atoms. The van der Waals surface area contributed by atoms with Crippen molar-refractivity contribution in [1.29, 1.82) is 0 Å². The van der Waals surface area contributed by atoms with Gasteiger partial charge < -0.3 is 15.1 Å². The maximum absolute atomic E-state index is 12.8. The number of primary amides is 1. The van der Waals surface area contributed by atoms with Crippen molar-refractivity contribution in [2.75, 3.05) is 32.7 Å². The lowest BCUT2D eigenvalue weighted by atomic mass is 10.2. The first-order valence-corrected chi connectivity index (χ1v) is 8.37. The third-order valence-corrected chi connectivity index (χ3v) is 4.28. The molecule has 1 aliphatic heterocycles. The summed E-state index contributed by atoms with van der Waals surface area (Å²) in [6.07, 6.45) is 0.793. The Balaban J connectivity index is 1.73. The van der Waals surface area contributed by atoms with Crippen LogP contribution in [0.25, 0.3) is 11.5 Å². The van der Waals surface area contributed by atoms with Crippen LogP contribution in [0.15, 0.2) is 34.7 Å². The second-order valence-corrected chi connectivity index (χ2v) is 6.18. The quantitative estimate of drug-likeness (QED) is 0.903. The third-order valence-electron chi connectivity index (χ3n) is 4.28. The number of amides is 2. The Labute approximate surface area is 146 Å². The van der Waals surface area contributed by atoms with Crippen LogP contribution in [0, 0.1) is 6.92 Å². The van der Waals surface area contributed by atoms with Crippen LogP contribution in [0.3, 0.4) is 0 Å². The van der Waals surface area contributed by atoms with Gasteiger partial charge in [-0.25, -0.2) is 4.98 Å². The number of oxazole rings is 1. The molecule has 3 rings (SSSR count).